The molecule has 1 fully saturated rings. The van der Waals surface area contributed by atoms with Gasteiger partial charge in [0.1, 0.15) is 10.9 Å². The van der Waals surface area contributed by atoms with Gasteiger partial charge in [0, 0.05) is 18.7 Å². The molecular formula is C25H25N3O3S2. The summed E-state index contributed by atoms with van der Waals surface area (Å²) in [6, 6.07) is 17.1. The van der Waals surface area contributed by atoms with Crippen LogP contribution in [0, 0.1) is 5.92 Å². The van der Waals surface area contributed by atoms with E-state index in [2.05, 4.69) is 5.32 Å². The van der Waals surface area contributed by atoms with Crippen molar-refractivity contribution in [2.45, 2.75) is 20.3 Å². The molecule has 0 radical (unpaired) electrons. The van der Waals surface area contributed by atoms with E-state index in [1.807, 2.05) is 62.4 Å². The van der Waals surface area contributed by atoms with Crippen LogP contribution in [0.5, 0.6) is 0 Å². The molecule has 6 nitrogen and oxygen atoms in total. The van der Waals surface area contributed by atoms with E-state index in [9.17, 15) is 14.4 Å². The Labute approximate surface area is 203 Å². The fourth-order valence-corrected chi connectivity index (χ4v) is 5.27. The number of thioether (sulfide) groups is 1. The van der Waals surface area contributed by atoms with Crippen LogP contribution in [0.15, 0.2) is 59.5 Å². The van der Waals surface area contributed by atoms with Gasteiger partial charge in [-0.15, -0.1) is 0 Å². The smallest absolute Gasteiger partial charge is 0.267 e. The van der Waals surface area contributed by atoms with E-state index in [1.165, 1.54) is 4.90 Å². The number of nitrogens with zero attached hydrogens (tertiary/aromatic N) is 2. The van der Waals surface area contributed by atoms with Crippen molar-refractivity contribution in [2.24, 2.45) is 5.92 Å². The number of para-hydroxylation sites is 1. The molecule has 2 aliphatic heterocycles. The van der Waals surface area contributed by atoms with E-state index < -0.39 is 0 Å². The fraction of sp³-hybridized carbons (Fsp3) is 0.280. The highest BCUT2D eigenvalue weighted by atomic mass is 32.2. The van der Waals surface area contributed by atoms with Crippen LogP contribution in [0.2, 0.25) is 0 Å². The van der Waals surface area contributed by atoms with Crippen LogP contribution in [-0.4, -0.2) is 46.6 Å². The molecule has 2 aliphatic rings. The van der Waals surface area contributed by atoms with Crippen molar-refractivity contribution in [1.82, 2.24) is 10.2 Å². The summed E-state index contributed by atoms with van der Waals surface area (Å²) in [5.41, 5.74) is 2.74. The van der Waals surface area contributed by atoms with Gasteiger partial charge in [0.25, 0.3) is 11.8 Å². The number of nitrogens with one attached hydrogen (secondary N) is 1. The summed E-state index contributed by atoms with van der Waals surface area (Å²) < 4.78 is 0.457. The number of fused-ring (bicyclic) bond motifs is 1. The first kappa shape index (κ1) is 23.2. The zero-order chi connectivity index (χ0) is 23.5. The third-order valence-corrected chi connectivity index (χ3v) is 6.88. The lowest BCUT2D eigenvalue weighted by atomic mass is 10.1. The Morgan fingerprint density at radius 3 is 2.42 bits per heavy atom. The minimum Gasteiger partial charge on any atom is -0.354 e. The van der Waals surface area contributed by atoms with Gasteiger partial charge in [-0.2, -0.15) is 0 Å². The molecule has 2 aromatic rings. The maximum atomic E-state index is 13.4. The summed E-state index contributed by atoms with van der Waals surface area (Å²) in [4.78, 5) is 42.5. The second-order valence-electron chi connectivity index (χ2n) is 8.38. The van der Waals surface area contributed by atoms with E-state index in [-0.39, 0.29) is 30.2 Å². The molecule has 4 rings (SSSR count). The van der Waals surface area contributed by atoms with Gasteiger partial charge in [0.15, 0.2) is 0 Å². The number of rotatable bonds is 7. The van der Waals surface area contributed by atoms with Crippen LogP contribution in [0.3, 0.4) is 0 Å². The lowest BCUT2D eigenvalue weighted by Gasteiger charge is -2.17. The Morgan fingerprint density at radius 1 is 1.00 bits per heavy atom. The van der Waals surface area contributed by atoms with Crippen LogP contribution < -0.4 is 10.2 Å². The molecule has 0 aromatic heterocycles. The molecule has 2 heterocycles. The molecule has 0 spiro atoms. The Kier molecular flexibility index (Phi) is 6.95. The lowest BCUT2D eigenvalue weighted by molar-refractivity contribution is -0.122. The van der Waals surface area contributed by atoms with E-state index in [0.717, 1.165) is 17.3 Å². The molecule has 0 saturated carbocycles. The Hall–Kier alpha value is -2.97. The molecule has 8 heteroatoms. The maximum absolute atomic E-state index is 13.4. The number of benzene rings is 2. The summed E-state index contributed by atoms with van der Waals surface area (Å²) in [6.07, 6.45) is 0.709. The number of carbonyl (C=O) groups is 3. The van der Waals surface area contributed by atoms with E-state index in [4.69, 9.17) is 12.2 Å². The Balaban J connectivity index is 1.53. The van der Waals surface area contributed by atoms with Gasteiger partial charge in [-0.3, -0.25) is 24.2 Å². The van der Waals surface area contributed by atoms with Gasteiger partial charge in [0.05, 0.1) is 16.2 Å². The molecule has 1 N–H and O–H groups in total. The number of amides is 3. The summed E-state index contributed by atoms with van der Waals surface area (Å²) in [5, 5.41) is 2.89. The summed E-state index contributed by atoms with van der Waals surface area (Å²) in [5.74, 6) is -0.590. The van der Waals surface area contributed by atoms with Crippen LogP contribution in [0.1, 0.15) is 25.0 Å². The van der Waals surface area contributed by atoms with Crippen molar-refractivity contribution in [3.05, 3.63) is 70.6 Å². The van der Waals surface area contributed by atoms with Crippen molar-refractivity contribution in [3.8, 4) is 0 Å². The largest absolute Gasteiger partial charge is 0.354 e. The van der Waals surface area contributed by atoms with E-state index >= 15 is 0 Å². The predicted molar refractivity (Wildman–Crippen MR) is 136 cm³/mol. The summed E-state index contributed by atoms with van der Waals surface area (Å²) in [6.45, 7) is 4.90. The second-order valence-corrected chi connectivity index (χ2v) is 10.0. The van der Waals surface area contributed by atoms with Crippen LogP contribution in [-0.2, 0) is 20.8 Å². The zero-order valence-electron chi connectivity index (χ0n) is 18.5. The topological polar surface area (TPSA) is 69.7 Å². The predicted octanol–water partition coefficient (Wildman–Crippen LogP) is 3.62. The van der Waals surface area contributed by atoms with Gasteiger partial charge in [0.2, 0.25) is 5.91 Å². The van der Waals surface area contributed by atoms with Crippen LogP contribution in [0.4, 0.5) is 5.69 Å². The standard InChI is InChI=1S/C25H25N3O3S2/c1-16(2)14-28-24(31)22(33-25(28)32)21-18-10-6-7-11-19(18)27(23(21)30)15-20(29)26-13-12-17-8-4-3-5-9-17/h3-11,16H,12-15H2,1-2H3,(H,26,29)/b22-21+. The molecule has 2 aromatic carbocycles. The Bertz CT molecular complexity index is 1140. The normalized spacial score (nSPS) is 17.8. The molecule has 1 saturated heterocycles. The van der Waals surface area contributed by atoms with Crippen LogP contribution in [0.25, 0.3) is 5.57 Å². The monoisotopic (exact) mass is 479 g/mol. The molecular weight excluding hydrogens is 454 g/mol. The average Bonchev–Trinajstić information content (AvgIpc) is 3.22. The first-order valence-electron chi connectivity index (χ1n) is 10.9. The van der Waals surface area contributed by atoms with Gasteiger partial charge in [-0.05, 0) is 24.0 Å². The van der Waals surface area contributed by atoms with Crippen molar-refractivity contribution >= 4 is 57.3 Å². The van der Waals surface area contributed by atoms with Gasteiger partial charge in [-0.25, -0.2) is 0 Å². The van der Waals surface area contributed by atoms with E-state index in [0.29, 0.717) is 45.6 Å². The molecule has 0 unspecified atom stereocenters. The SMILES string of the molecule is CC(C)CN1C(=O)/C(=C2\C(=O)N(CC(=O)NCCc3ccccc3)c3ccccc32)SC1=S. The number of hydrogen-bond acceptors (Lipinski definition) is 5. The fourth-order valence-electron chi connectivity index (χ4n) is 3.92. The zero-order valence-corrected chi connectivity index (χ0v) is 20.2. The molecule has 3 amide bonds. The Morgan fingerprint density at radius 2 is 1.70 bits per heavy atom. The molecule has 0 aliphatic carbocycles. The van der Waals surface area contributed by atoms with Gasteiger partial charge < -0.3 is 5.32 Å². The first-order chi connectivity index (χ1) is 15.9. The molecule has 0 bridgehead atoms. The lowest BCUT2D eigenvalue weighted by Crippen LogP contribution is -2.39. The number of thiocarbonyl (C=S) groups is 1. The molecule has 0 atom stereocenters. The maximum Gasteiger partial charge on any atom is 0.267 e. The number of carbonyl (C=O) groups excluding carboxylic acids is 3. The molecule has 33 heavy (non-hydrogen) atoms. The van der Waals surface area contributed by atoms with Crippen molar-refractivity contribution < 1.29 is 14.4 Å². The first-order valence-corrected chi connectivity index (χ1v) is 12.1. The van der Waals surface area contributed by atoms with Crippen molar-refractivity contribution in [1.29, 1.82) is 0 Å². The van der Waals surface area contributed by atoms with Crippen molar-refractivity contribution in [3.63, 3.8) is 0 Å². The number of hydrogen-bond donors (Lipinski definition) is 1. The highest BCUT2D eigenvalue weighted by Gasteiger charge is 2.42. The molecule has 170 valence electrons. The van der Waals surface area contributed by atoms with Crippen LogP contribution >= 0.6 is 24.0 Å². The minimum absolute atomic E-state index is 0.111. The summed E-state index contributed by atoms with van der Waals surface area (Å²) >= 11 is 6.58. The third-order valence-electron chi connectivity index (χ3n) is 5.43. The average molecular weight is 480 g/mol. The highest BCUT2D eigenvalue weighted by Crippen LogP contribution is 2.44. The van der Waals surface area contributed by atoms with Crippen molar-refractivity contribution in [2.75, 3.05) is 24.5 Å². The van der Waals surface area contributed by atoms with Gasteiger partial charge in [-0.1, -0.05) is 86.4 Å². The van der Waals surface area contributed by atoms with Gasteiger partial charge >= 0.3 is 0 Å². The highest BCUT2D eigenvalue weighted by molar-refractivity contribution is 8.26. The third kappa shape index (κ3) is 4.86. The minimum atomic E-state index is -0.348. The second kappa shape index (κ2) is 9.89. The number of anilines is 1. The quantitative estimate of drug-likeness (QED) is 0.485. The van der Waals surface area contributed by atoms with E-state index in [1.54, 1.807) is 11.0 Å². The summed E-state index contributed by atoms with van der Waals surface area (Å²) in [7, 11) is 0.